The third-order valence-corrected chi connectivity index (χ3v) is 3.98. The van der Waals surface area contributed by atoms with Gasteiger partial charge in [0.05, 0.1) is 20.6 Å². The number of halogens is 4. The molecular formula is C15H9Cl4NO3. The lowest BCUT2D eigenvalue weighted by Crippen LogP contribution is -2.21. The van der Waals surface area contributed by atoms with Crippen LogP contribution in [0.25, 0.3) is 0 Å². The fourth-order valence-electron chi connectivity index (χ4n) is 1.63. The molecule has 0 bridgehead atoms. The maximum atomic E-state index is 11.9. The number of hydrogen-bond donors (Lipinski definition) is 1. The molecule has 1 N–H and O–H groups in total. The van der Waals surface area contributed by atoms with E-state index in [1.54, 1.807) is 12.1 Å². The van der Waals surface area contributed by atoms with Crippen LogP contribution in [0.15, 0.2) is 36.4 Å². The first-order valence-corrected chi connectivity index (χ1v) is 7.75. The molecule has 2 aromatic rings. The topological polar surface area (TPSA) is 55.4 Å². The smallest absolute Gasteiger partial charge is 0.340 e. The Morgan fingerprint density at radius 1 is 0.913 bits per heavy atom. The van der Waals surface area contributed by atoms with Gasteiger partial charge in [0.2, 0.25) is 0 Å². The molecule has 120 valence electrons. The Hall–Kier alpha value is -1.46. The van der Waals surface area contributed by atoms with Crippen molar-refractivity contribution in [3.8, 4) is 0 Å². The SMILES string of the molecule is O=C(COC(=O)c1ccc(Cl)cc1Cl)Nc1ccc(Cl)c(Cl)c1. The van der Waals surface area contributed by atoms with Gasteiger partial charge in [-0.25, -0.2) is 4.79 Å². The van der Waals surface area contributed by atoms with Crippen molar-refractivity contribution in [2.24, 2.45) is 0 Å². The maximum absolute atomic E-state index is 11.9. The van der Waals surface area contributed by atoms with Gasteiger partial charge in [-0.05, 0) is 36.4 Å². The van der Waals surface area contributed by atoms with E-state index in [0.29, 0.717) is 20.8 Å². The third kappa shape index (κ3) is 5.01. The van der Waals surface area contributed by atoms with E-state index in [1.165, 1.54) is 24.3 Å². The molecule has 0 spiro atoms. The first kappa shape index (κ1) is 17.9. The molecule has 2 rings (SSSR count). The highest BCUT2D eigenvalue weighted by molar-refractivity contribution is 6.42. The van der Waals surface area contributed by atoms with Gasteiger partial charge in [0.1, 0.15) is 0 Å². The summed E-state index contributed by atoms with van der Waals surface area (Å²) in [7, 11) is 0. The van der Waals surface area contributed by atoms with Crippen molar-refractivity contribution in [2.75, 3.05) is 11.9 Å². The highest BCUT2D eigenvalue weighted by atomic mass is 35.5. The lowest BCUT2D eigenvalue weighted by atomic mass is 10.2. The summed E-state index contributed by atoms with van der Waals surface area (Å²) in [5.41, 5.74) is 0.559. The molecule has 4 nitrogen and oxygen atoms in total. The van der Waals surface area contributed by atoms with Crippen molar-refractivity contribution in [3.63, 3.8) is 0 Å². The van der Waals surface area contributed by atoms with Gasteiger partial charge in [-0.2, -0.15) is 0 Å². The van der Waals surface area contributed by atoms with Crippen LogP contribution in [0, 0.1) is 0 Å². The molecule has 0 saturated carbocycles. The van der Waals surface area contributed by atoms with Crippen molar-refractivity contribution < 1.29 is 14.3 Å². The molecule has 0 atom stereocenters. The van der Waals surface area contributed by atoms with Crippen molar-refractivity contribution in [1.82, 2.24) is 0 Å². The number of rotatable bonds is 4. The average Bonchev–Trinajstić information content (AvgIpc) is 2.48. The first-order chi connectivity index (χ1) is 10.9. The Labute approximate surface area is 152 Å². The molecule has 0 unspecified atom stereocenters. The molecule has 0 radical (unpaired) electrons. The van der Waals surface area contributed by atoms with Gasteiger partial charge in [0.15, 0.2) is 6.61 Å². The predicted molar refractivity (Wildman–Crippen MR) is 91.8 cm³/mol. The second kappa shape index (κ2) is 7.88. The van der Waals surface area contributed by atoms with E-state index in [4.69, 9.17) is 51.1 Å². The Kier molecular flexibility index (Phi) is 6.13. The Bertz CT molecular complexity index is 764. The number of hydrogen-bond acceptors (Lipinski definition) is 3. The monoisotopic (exact) mass is 391 g/mol. The second-order valence-corrected chi connectivity index (χ2v) is 6.04. The van der Waals surface area contributed by atoms with Crippen LogP contribution in [0.3, 0.4) is 0 Å². The zero-order chi connectivity index (χ0) is 17.0. The fraction of sp³-hybridized carbons (Fsp3) is 0.0667. The maximum Gasteiger partial charge on any atom is 0.340 e. The number of nitrogens with one attached hydrogen (secondary N) is 1. The van der Waals surface area contributed by atoms with Gasteiger partial charge in [-0.3, -0.25) is 4.79 Å². The van der Waals surface area contributed by atoms with Crippen LogP contribution in [-0.4, -0.2) is 18.5 Å². The minimum Gasteiger partial charge on any atom is -0.452 e. The van der Waals surface area contributed by atoms with E-state index >= 15 is 0 Å². The van der Waals surface area contributed by atoms with Crippen molar-refractivity contribution in [2.45, 2.75) is 0 Å². The van der Waals surface area contributed by atoms with Gasteiger partial charge in [-0.1, -0.05) is 46.4 Å². The molecule has 0 heterocycles. The number of carbonyl (C=O) groups excluding carboxylic acids is 2. The Morgan fingerprint density at radius 3 is 2.30 bits per heavy atom. The molecule has 0 fully saturated rings. The quantitative estimate of drug-likeness (QED) is 0.736. The van der Waals surface area contributed by atoms with E-state index in [9.17, 15) is 9.59 Å². The van der Waals surface area contributed by atoms with Crippen LogP contribution < -0.4 is 5.32 Å². The Balaban J connectivity index is 1.93. The van der Waals surface area contributed by atoms with Crippen LogP contribution >= 0.6 is 46.4 Å². The van der Waals surface area contributed by atoms with Crippen molar-refractivity contribution >= 4 is 64.0 Å². The molecule has 0 aromatic heterocycles. The molecule has 2 aromatic carbocycles. The number of carbonyl (C=O) groups is 2. The van der Waals surface area contributed by atoms with Crippen LogP contribution in [0.1, 0.15) is 10.4 Å². The van der Waals surface area contributed by atoms with Crippen LogP contribution in [0.4, 0.5) is 5.69 Å². The summed E-state index contributed by atoms with van der Waals surface area (Å²) in [5, 5.41) is 3.73. The molecule has 0 aliphatic carbocycles. The summed E-state index contributed by atoms with van der Waals surface area (Å²) >= 11 is 23.2. The standard InChI is InChI=1S/C15H9Cl4NO3/c16-8-1-3-10(12(18)5-8)15(22)23-7-14(21)20-9-2-4-11(17)13(19)6-9/h1-6H,7H2,(H,20,21). The molecule has 0 saturated heterocycles. The van der Waals surface area contributed by atoms with E-state index in [2.05, 4.69) is 5.32 Å². The second-order valence-electron chi connectivity index (χ2n) is 4.38. The average molecular weight is 393 g/mol. The highest BCUT2D eigenvalue weighted by Gasteiger charge is 2.14. The van der Waals surface area contributed by atoms with E-state index in [1.807, 2.05) is 0 Å². The molecule has 0 aliphatic rings. The van der Waals surface area contributed by atoms with Gasteiger partial charge < -0.3 is 10.1 Å². The summed E-state index contributed by atoms with van der Waals surface area (Å²) < 4.78 is 4.90. The lowest BCUT2D eigenvalue weighted by Gasteiger charge is -2.08. The third-order valence-electron chi connectivity index (χ3n) is 2.69. The van der Waals surface area contributed by atoms with E-state index in [0.717, 1.165) is 0 Å². The lowest BCUT2D eigenvalue weighted by molar-refractivity contribution is -0.119. The predicted octanol–water partition coefficient (Wildman–Crippen LogP) is 5.10. The largest absolute Gasteiger partial charge is 0.452 e. The number of benzene rings is 2. The summed E-state index contributed by atoms with van der Waals surface area (Å²) in [6.45, 7) is -0.474. The zero-order valence-electron chi connectivity index (χ0n) is 11.4. The highest BCUT2D eigenvalue weighted by Crippen LogP contribution is 2.25. The summed E-state index contributed by atoms with van der Waals surface area (Å²) in [4.78, 5) is 23.6. The fourth-order valence-corrected chi connectivity index (χ4v) is 2.42. The number of amides is 1. The number of anilines is 1. The van der Waals surface area contributed by atoms with Gasteiger partial charge >= 0.3 is 5.97 Å². The molecule has 8 heteroatoms. The van der Waals surface area contributed by atoms with Crippen LogP contribution in [0.5, 0.6) is 0 Å². The van der Waals surface area contributed by atoms with Gasteiger partial charge in [0, 0.05) is 10.7 Å². The minimum absolute atomic E-state index is 0.124. The molecular weight excluding hydrogens is 384 g/mol. The minimum atomic E-state index is -0.726. The first-order valence-electron chi connectivity index (χ1n) is 6.24. The summed E-state index contributed by atoms with van der Waals surface area (Å²) in [6.07, 6.45) is 0. The van der Waals surface area contributed by atoms with Crippen LogP contribution in [-0.2, 0) is 9.53 Å². The Morgan fingerprint density at radius 2 is 1.65 bits per heavy atom. The van der Waals surface area contributed by atoms with E-state index < -0.39 is 18.5 Å². The molecule has 0 aliphatic heterocycles. The number of ether oxygens (including phenoxy) is 1. The summed E-state index contributed by atoms with van der Waals surface area (Å²) in [6, 6.07) is 8.93. The van der Waals surface area contributed by atoms with E-state index in [-0.39, 0.29) is 10.6 Å². The van der Waals surface area contributed by atoms with Crippen molar-refractivity contribution in [3.05, 3.63) is 62.1 Å². The van der Waals surface area contributed by atoms with Crippen LogP contribution in [0.2, 0.25) is 20.1 Å². The van der Waals surface area contributed by atoms with Gasteiger partial charge in [0.25, 0.3) is 5.91 Å². The molecule has 23 heavy (non-hydrogen) atoms. The zero-order valence-corrected chi connectivity index (χ0v) is 14.4. The number of esters is 1. The normalized spacial score (nSPS) is 10.3. The van der Waals surface area contributed by atoms with Crippen molar-refractivity contribution in [1.29, 1.82) is 0 Å². The summed E-state index contributed by atoms with van der Waals surface area (Å²) in [5.74, 6) is -1.25. The molecule has 1 amide bonds. The van der Waals surface area contributed by atoms with Gasteiger partial charge in [-0.15, -0.1) is 0 Å².